The molecule has 1 aliphatic rings. The molecular weight excluding hydrogens is 210 g/mol. The maximum Gasteiger partial charge on any atom is 0.360 e. The minimum Gasteiger partial charge on any atom is -0.464 e. The van der Waals surface area contributed by atoms with Gasteiger partial charge in [-0.15, -0.1) is 0 Å². The number of nitrogen functional groups attached to an aromatic ring is 1. The molecule has 88 valence electrons. The number of nitrogens with zero attached hydrogens (tertiary/aromatic N) is 2. The standard InChI is InChI=1S/C10H15N3O3/c1-6-12-8(10(14)15-2)9(11)13(6)7-3-4-16-5-7/h7H,3-5,11H2,1-2H3. The molecule has 1 saturated heterocycles. The number of aromatic nitrogens is 2. The van der Waals surface area contributed by atoms with Gasteiger partial charge in [-0.25, -0.2) is 9.78 Å². The summed E-state index contributed by atoms with van der Waals surface area (Å²) in [7, 11) is 1.31. The molecular formula is C10H15N3O3. The Bertz CT molecular complexity index is 408. The third-order valence-electron chi connectivity index (χ3n) is 2.77. The number of nitrogens with two attached hydrogens (primary N) is 1. The van der Waals surface area contributed by atoms with Crippen molar-refractivity contribution in [2.75, 3.05) is 26.1 Å². The number of carbonyl (C=O) groups excluding carboxylic acids is 1. The van der Waals surface area contributed by atoms with E-state index in [1.54, 1.807) is 0 Å². The van der Waals surface area contributed by atoms with Gasteiger partial charge in [0, 0.05) is 6.61 Å². The Balaban J connectivity index is 2.38. The van der Waals surface area contributed by atoms with Crippen molar-refractivity contribution in [1.29, 1.82) is 0 Å². The number of hydrogen-bond acceptors (Lipinski definition) is 5. The summed E-state index contributed by atoms with van der Waals surface area (Å²) in [6, 6.07) is 0.172. The van der Waals surface area contributed by atoms with E-state index < -0.39 is 5.97 Å². The molecule has 1 unspecified atom stereocenters. The molecule has 1 fully saturated rings. The van der Waals surface area contributed by atoms with Gasteiger partial charge in [-0.05, 0) is 13.3 Å². The average Bonchev–Trinajstić information content (AvgIpc) is 2.86. The van der Waals surface area contributed by atoms with Crippen molar-refractivity contribution in [1.82, 2.24) is 9.55 Å². The molecule has 16 heavy (non-hydrogen) atoms. The van der Waals surface area contributed by atoms with Gasteiger partial charge in [0.05, 0.1) is 19.8 Å². The van der Waals surface area contributed by atoms with Crippen molar-refractivity contribution in [3.8, 4) is 0 Å². The molecule has 0 bridgehead atoms. The third kappa shape index (κ3) is 1.65. The van der Waals surface area contributed by atoms with Crippen LogP contribution in [0.1, 0.15) is 28.8 Å². The molecule has 0 radical (unpaired) electrons. The van der Waals surface area contributed by atoms with E-state index in [0.29, 0.717) is 18.2 Å². The molecule has 2 N–H and O–H groups in total. The van der Waals surface area contributed by atoms with E-state index in [-0.39, 0.29) is 11.7 Å². The Morgan fingerprint density at radius 2 is 2.44 bits per heavy atom. The molecule has 6 nitrogen and oxygen atoms in total. The number of rotatable bonds is 2. The zero-order chi connectivity index (χ0) is 11.7. The highest BCUT2D eigenvalue weighted by Gasteiger charge is 2.26. The Morgan fingerprint density at radius 1 is 1.69 bits per heavy atom. The summed E-state index contributed by atoms with van der Waals surface area (Å²) in [6.45, 7) is 3.15. The smallest absolute Gasteiger partial charge is 0.360 e. The van der Waals surface area contributed by atoms with Gasteiger partial charge in [0.15, 0.2) is 5.69 Å². The van der Waals surface area contributed by atoms with Gasteiger partial charge in [0.2, 0.25) is 0 Å². The predicted molar refractivity (Wildman–Crippen MR) is 57.2 cm³/mol. The summed E-state index contributed by atoms with van der Waals surface area (Å²) in [5, 5.41) is 0. The topological polar surface area (TPSA) is 79.4 Å². The highest BCUT2D eigenvalue weighted by atomic mass is 16.5. The molecule has 0 amide bonds. The fourth-order valence-corrected chi connectivity index (χ4v) is 1.99. The van der Waals surface area contributed by atoms with Crippen LogP contribution in [-0.4, -0.2) is 35.8 Å². The molecule has 0 aliphatic carbocycles. The zero-order valence-electron chi connectivity index (χ0n) is 9.40. The van der Waals surface area contributed by atoms with Gasteiger partial charge in [0.25, 0.3) is 0 Å². The minimum absolute atomic E-state index is 0.172. The Morgan fingerprint density at radius 3 is 3.00 bits per heavy atom. The Kier molecular flexibility index (Phi) is 2.82. The van der Waals surface area contributed by atoms with Gasteiger partial charge in [-0.2, -0.15) is 0 Å². The molecule has 1 aliphatic heterocycles. The lowest BCUT2D eigenvalue weighted by Crippen LogP contribution is -2.14. The van der Waals surface area contributed by atoms with Crippen LogP contribution in [0, 0.1) is 6.92 Å². The molecule has 1 aromatic rings. The summed E-state index contributed by atoms with van der Waals surface area (Å²) < 4.78 is 11.8. The van der Waals surface area contributed by atoms with E-state index in [1.807, 2.05) is 11.5 Å². The van der Waals surface area contributed by atoms with Crippen LogP contribution < -0.4 is 5.73 Å². The van der Waals surface area contributed by atoms with Crippen LogP contribution in [0.3, 0.4) is 0 Å². The SMILES string of the molecule is COC(=O)c1nc(C)n(C2CCOC2)c1N. The number of aryl methyl sites for hydroxylation is 1. The monoisotopic (exact) mass is 225 g/mol. The number of hydrogen-bond donors (Lipinski definition) is 1. The summed E-state index contributed by atoms with van der Waals surface area (Å²) in [5.74, 6) is 0.575. The van der Waals surface area contributed by atoms with Crippen molar-refractivity contribution < 1.29 is 14.3 Å². The van der Waals surface area contributed by atoms with E-state index in [4.69, 9.17) is 10.5 Å². The van der Waals surface area contributed by atoms with E-state index in [1.165, 1.54) is 7.11 Å². The lowest BCUT2D eigenvalue weighted by atomic mass is 10.2. The first-order valence-electron chi connectivity index (χ1n) is 5.15. The summed E-state index contributed by atoms with van der Waals surface area (Å²) in [4.78, 5) is 15.5. The molecule has 1 aromatic heterocycles. The lowest BCUT2D eigenvalue weighted by Gasteiger charge is -2.13. The van der Waals surface area contributed by atoms with E-state index in [2.05, 4.69) is 9.72 Å². The van der Waals surface area contributed by atoms with Crippen molar-refractivity contribution in [2.24, 2.45) is 0 Å². The van der Waals surface area contributed by atoms with Gasteiger partial charge in [-0.1, -0.05) is 0 Å². The first kappa shape index (κ1) is 10.9. The summed E-state index contributed by atoms with van der Waals surface area (Å²) in [5.41, 5.74) is 6.09. The first-order valence-corrected chi connectivity index (χ1v) is 5.15. The lowest BCUT2D eigenvalue weighted by molar-refractivity contribution is 0.0595. The number of ether oxygens (including phenoxy) is 2. The van der Waals surface area contributed by atoms with Crippen molar-refractivity contribution in [3.05, 3.63) is 11.5 Å². The van der Waals surface area contributed by atoms with Crippen LogP contribution in [-0.2, 0) is 9.47 Å². The molecule has 0 saturated carbocycles. The van der Waals surface area contributed by atoms with Gasteiger partial charge in [-0.3, -0.25) is 0 Å². The van der Waals surface area contributed by atoms with E-state index in [9.17, 15) is 4.79 Å². The fraction of sp³-hybridized carbons (Fsp3) is 0.600. The number of esters is 1. The van der Waals surface area contributed by atoms with Crippen LogP contribution >= 0.6 is 0 Å². The van der Waals surface area contributed by atoms with Gasteiger partial charge in [0.1, 0.15) is 11.6 Å². The van der Waals surface area contributed by atoms with Crippen LogP contribution in [0.25, 0.3) is 0 Å². The second-order valence-corrected chi connectivity index (χ2v) is 3.77. The predicted octanol–water partition coefficient (Wildman–Crippen LogP) is 0.522. The first-order chi connectivity index (χ1) is 7.65. The van der Waals surface area contributed by atoms with Crippen molar-refractivity contribution in [3.63, 3.8) is 0 Å². The number of methoxy groups -OCH3 is 1. The van der Waals surface area contributed by atoms with Crippen LogP contribution in [0.5, 0.6) is 0 Å². The normalized spacial score (nSPS) is 20.0. The largest absolute Gasteiger partial charge is 0.464 e. The zero-order valence-corrected chi connectivity index (χ0v) is 9.40. The average molecular weight is 225 g/mol. The van der Waals surface area contributed by atoms with E-state index in [0.717, 1.165) is 13.0 Å². The van der Waals surface area contributed by atoms with E-state index >= 15 is 0 Å². The molecule has 1 atom stereocenters. The maximum atomic E-state index is 11.4. The second-order valence-electron chi connectivity index (χ2n) is 3.77. The summed E-state index contributed by atoms with van der Waals surface area (Å²) in [6.07, 6.45) is 0.891. The van der Waals surface area contributed by atoms with Gasteiger partial charge < -0.3 is 19.8 Å². The minimum atomic E-state index is -0.502. The number of imidazole rings is 1. The van der Waals surface area contributed by atoms with Gasteiger partial charge >= 0.3 is 5.97 Å². The number of carbonyl (C=O) groups is 1. The van der Waals surface area contributed by atoms with Crippen molar-refractivity contribution in [2.45, 2.75) is 19.4 Å². The number of anilines is 1. The summed E-state index contributed by atoms with van der Waals surface area (Å²) >= 11 is 0. The quantitative estimate of drug-likeness (QED) is 0.742. The molecule has 0 aromatic carbocycles. The Labute approximate surface area is 93.3 Å². The molecule has 2 rings (SSSR count). The Hall–Kier alpha value is -1.56. The van der Waals surface area contributed by atoms with Crippen molar-refractivity contribution >= 4 is 11.8 Å². The molecule has 2 heterocycles. The maximum absolute atomic E-state index is 11.4. The highest BCUT2D eigenvalue weighted by Crippen LogP contribution is 2.26. The molecule has 6 heteroatoms. The second kappa shape index (κ2) is 4.13. The molecule has 0 spiro atoms. The van der Waals surface area contributed by atoms with Crippen LogP contribution in [0.4, 0.5) is 5.82 Å². The fourth-order valence-electron chi connectivity index (χ4n) is 1.99. The van der Waals surface area contributed by atoms with Crippen LogP contribution in [0.2, 0.25) is 0 Å². The third-order valence-corrected chi connectivity index (χ3v) is 2.77. The highest BCUT2D eigenvalue weighted by molar-refractivity contribution is 5.92. The van der Waals surface area contributed by atoms with Crippen LogP contribution in [0.15, 0.2) is 0 Å².